The Balaban J connectivity index is 2.72. The summed E-state index contributed by atoms with van der Waals surface area (Å²) in [5, 5.41) is 3.11. The second-order valence-electron chi connectivity index (χ2n) is 2.56. The van der Waals surface area contributed by atoms with Crippen molar-refractivity contribution in [3.63, 3.8) is 0 Å². The maximum Gasteiger partial charge on any atom is 0.140 e. The van der Waals surface area contributed by atoms with E-state index in [0.717, 1.165) is 22.4 Å². The molecule has 1 heterocycles. The Kier molecular flexibility index (Phi) is 3.49. The number of nitrogens with zero attached hydrogens (tertiary/aromatic N) is 1. The molecular formula is C8H12BrN3. The van der Waals surface area contributed by atoms with E-state index in [9.17, 15) is 0 Å². The van der Waals surface area contributed by atoms with E-state index in [2.05, 4.69) is 26.2 Å². The fourth-order valence-electron chi connectivity index (χ4n) is 0.854. The molecule has 0 aliphatic carbocycles. The van der Waals surface area contributed by atoms with Gasteiger partial charge in [0.25, 0.3) is 0 Å². The number of hydrogen-bond donors (Lipinski definition) is 2. The molecule has 0 unspecified atom stereocenters. The Hall–Kier alpha value is -0.610. The van der Waals surface area contributed by atoms with Crippen molar-refractivity contribution in [2.24, 2.45) is 5.73 Å². The van der Waals surface area contributed by atoms with Crippen LogP contribution >= 0.6 is 15.9 Å². The van der Waals surface area contributed by atoms with Crippen molar-refractivity contribution in [3.05, 3.63) is 22.3 Å². The Morgan fingerprint density at radius 3 is 3.00 bits per heavy atom. The number of aryl methyl sites for hydroxylation is 1. The van der Waals surface area contributed by atoms with Crippen LogP contribution in [-0.4, -0.2) is 18.1 Å². The quantitative estimate of drug-likeness (QED) is 0.827. The summed E-state index contributed by atoms with van der Waals surface area (Å²) in [5.41, 5.74) is 6.49. The average molecular weight is 230 g/mol. The van der Waals surface area contributed by atoms with Crippen molar-refractivity contribution in [3.8, 4) is 0 Å². The first kappa shape index (κ1) is 9.48. The second kappa shape index (κ2) is 4.42. The standard InChI is InChI=1S/C8H12BrN3/c1-6-4-7(9)8(12-5-6)11-3-2-10/h4-5H,2-3,10H2,1H3,(H,11,12). The highest BCUT2D eigenvalue weighted by Crippen LogP contribution is 2.19. The Labute approximate surface area is 80.5 Å². The molecule has 0 radical (unpaired) electrons. The van der Waals surface area contributed by atoms with Crippen LogP contribution < -0.4 is 11.1 Å². The Morgan fingerprint density at radius 2 is 2.42 bits per heavy atom. The van der Waals surface area contributed by atoms with Crippen molar-refractivity contribution < 1.29 is 0 Å². The number of nitrogens with two attached hydrogens (primary N) is 1. The zero-order valence-electron chi connectivity index (χ0n) is 6.97. The van der Waals surface area contributed by atoms with Gasteiger partial charge in [-0.15, -0.1) is 0 Å². The van der Waals surface area contributed by atoms with E-state index < -0.39 is 0 Å². The molecule has 0 aliphatic heterocycles. The molecule has 0 bridgehead atoms. The first-order valence-electron chi connectivity index (χ1n) is 3.80. The zero-order chi connectivity index (χ0) is 8.97. The van der Waals surface area contributed by atoms with E-state index in [1.807, 2.05) is 19.2 Å². The van der Waals surface area contributed by atoms with Gasteiger partial charge in [0.1, 0.15) is 5.82 Å². The van der Waals surface area contributed by atoms with Crippen LogP contribution in [0.2, 0.25) is 0 Å². The third kappa shape index (κ3) is 2.46. The minimum atomic E-state index is 0.613. The number of halogens is 1. The fraction of sp³-hybridized carbons (Fsp3) is 0.375. The van der Waals surface area contributed by atoms with Gasteiger partial charge in [-0.05, 0) is 34.5 Å². The lowest BCUT2D eigenvalue weighted by Gasteiger charge is -2.05. The normalized spacial score (nSPS) is 9.92. The highest BCUT2D eigenvalue weighted by Gasteiger charge is 1.98. The van der Waals surface area contributed by atoms with Gasteiger partial charge in [0.2, 0.25) is 0 Å². The van der Waals surface area contributed by atoms with Crippen LogP contribution in [0.15, 0.2) is 16.7 Å². The molecule has 3 nitrogen and oxygen atoms in total. The van der Waals surface area contributed by atoms with Crippen molar-refractivity contribution in [2.45, 2.75) is 6.92 Å². The van der Waals surface area contributed by atoms with E-state index in [1.165, 1.54) is 0 Å². The summed E-state index contributed by atoms with van der Waals surface area (Å²) >= 11 is 3.41. The molecule has 0 aliphatic rings. The molecule has 0 spiro atoms. The van der Waals surface area contributed by atoms with E-state index in [4.69, 9.17) is 5.73 Å². The predicted octanol–water partition coefficient (Wildman–Crippen LogP) is 1.52. The smallest absolute Gasteiger partial charge is 0.140 e. The van der Waals surface area contributed by atoms with Crippen LogP contribution in [0, 0.1) is 6.92 Å². The van der Waals surface area contributed by atoms with Gasteiger partial charge in [-0.2, -0.15) is 0 Å². The van der Waals surface area contributed by atoms with Crippen LogP contribution in [0.25, 0.3) is 0 Å². The molecule has 0 aromatic carbocycles. The molecule has 3 N–H and O–H groups in total. The third-order valence-electron chi connectivity index (χ3n) is 1.41. The Bertz CT molecular complexity index is 262. The molecule has 0 amide bonds. The average Bonchev–Trinajstić information content (AvgIpc) is 2.03. The van der Waals surface area contributed by atoms with Crippen LogP contribution in [0.4, 0.5) is 5.82 Å². The lowest BCUT2D eigenvalue weighted by Crippen LogP contribution is -2.14. The first-order chi connectivity index (χ1) is 5.74. The van der Waals surface area contributed by atoms with Crippen LogP contribution in [0.1, 0.15) is 5.56 Å². The molecule has 0 fully saturated rings. The van der Waals surface area contributed by atoms with Crippen molar-refractivity contribution >= 4 is 21.7 Å². The lowest BCUT2D eigenvalue weighted by atomic mass is 10.3. The van der Waals surface area contributed by atoms with Gasteiger partial charge in [0.05, 0.1) is 4.47 Å². The molecule has 0 saturated carbocycles. The van der Waals surface area contributed by atoms with Gasteiger partial charge in [-0.1, -0.05) is 0 Å². The summed E-state index contributed by atoms with van der Waals surface area (Å²) in [7, 11) is 0. The van der Waals surface area contributed by atoms with E-state index in [1.54, 1.807) is 0 Å². The molecule has 12 heavy (non-hydrogen) atoms. The molecule has 4 heteroatoms. The second-order valence-corrected chi connectivity index (χ2v) is 3.41. The van der Waals surface area contributed by atoms with Crippen molar-refractivity contribution in [2.75, 3.05) is 18.4 Å². The topological polar surface area (TPSA) is 50.9 Å². The van der Waals surface area contributed by atoms with Gasteiger partial charge in [-0.3, -0.25) is 0 Å². The number of hydrogen-bond acceptors (Lipinski definition) is 3. The summed E-state index contributed by atoms with van der Waals surface area (Å²) < 4.78 is 0.982. The molecule has 1 aromatic rings. The third-order valence-corrected chi connectivity index (χ3v) is 2.02. The fourth-order valence-corrected chi connectivity index (χ4v) is 1.46. The summed E-state index contributed by atoms with van der Waals surface area (Å²) in [4.78, 5) is 4.20. The van der Waals surface area contributed by atoms with Crippen LogP contribution in [0.3, 0.4) is 0 Å². The zero-order valence-corrected chi connectivity index (χ0v) is 8.56. The summed E-state index contributed by atoms with van der Waals surface area (Å²) in [6.07, 6.45) is 1.82. The van der Waals surface area contributed by atoms with Gasteiger partial charge < -0.3 is 11.1 Å². The van der Waals surface area contributed by atoms with Crippen molar-refractivity contribution in [1.82, 2.24) is 4.98 Å². The monoisotopic (exact) mass is 229 g/mol. The van der Waals surface area contributed by atoms with E-state index >= 15 is 0 Å². The molecule has 0 atom stereocenters. The highest BCUT2D eigenvalue weighted by molar-refractivity contribution is 9.10. The molecule has 1 aromatic heterocycles. The Morgan fingerprint density at radius 1 is 1.67 bits per heavy atom. The first-order valence-corrected chi connectivity index (χ1v) is 4.59. The van der Waals surface area contributed by atoms with Crippen LogP contribution in [0.5, 0.6) is 0 Å². The maximum absolute atomic E-state index is 5.35. The van der Waals surface area contributed by atoms with Crippen molar-refractivity contribution in [1.29, 1.82) is 0 Å². The summed E-state index contributed by atoms with van der Waals surface area (Å²) in [6, 6.07) is 2.02. The summed E-state index contributed by atoms with van der Waals surface area (Å²) in [5.74, 6) is 0.853. The predicted molar refractivity (Wildman–Crippen MR) is 54.2 cm³/mol. The van der Waals surface area contributed by atoms with E-state index in [-0.39, 0.29) is 0 Å². The van der Waals surface area contributed by atoms with Gasteiger partial charge in [0, 0.05) is 19.3 Å². The van der Waals surface area contributed by atoms with E-state index in [0.29, 0.717) is 6.54 Å². The number of aromatic nitrogens is 1. The largest absolute Gasteiger partial charge is 0.368 e. The number of nitrogens with one attached hydrogen (secondary N) is 1. The lowest BCUT2D eigenvalue weighted by molar-refractivity contribution is 1.01. The SMILES string of the molecule is Cc1cnc(NCCN)c(Br)c1. The van der Waals surface area contributed by atoms with Gasteiger partial charge in [0.15, 0.2) is 0 Å². The van der Waals surface area contributed by atoms with Gasteiger partial charge >= 0.3 is 0 Å². The molecule has 1 rings (SSSR count). The minimum Gasteiger partial charge on any atom is -0.368 e. The minimum absolute atomic E-state index is 0.613. The molecular weight excluding hydrogens is 218 g/mol. The number of rotatable bonds is 3. The highest BCUT2D eigenvalue weighted by atomic mass is 79.9. The summed E-state index contributed by atoms with van der Waals surface area (Å²) in [6.45, 7) is 3.36. The molecule has 0 saturated heterocycles. The van der Waals surface area contributed by atoms with Crippen LogP contribution in [-0.2, 0) is 0 Å². The maximum atomic E-state index is 5.35. The number of anilines is 1. The molecule has 66 valence electrons. The van der Waals surface area contributed by atoms with Gasteiger partial charge in [-0.25, -0.2) is 4.98 Å². The number of pyridine rings is 1.